The van der Waals surface area contributed by atoms with Gasteiger partial charge in [-0.25, -0.2) is 38.7 Å². The minimum atomic E-state index is -4.94. The summed E-state index contributed by atoms with van der Waals surface area (Å²) in [5.41, 5.74) is 0.132. The summed E-state index contributed by atoms with van der Waals surface area (Å²) in [5.74, 6) is -8.82. The molecule has 4 atom stereocenters. The molecule has 4 unspecified atom stereocenters. The lowest BCUT2D eigenvalue weighted by atomic mass is 10.1. The Balaban J connectivity index is 0.000000214. The minimum Gasteiger partial charge on any atom is -0.507 e. The third kappa shape index (κ3) is 28.5. The van der Waals surface area contributed by atoms with Gasteiger partial charge in [0.2, 0.25) is 29.5 Å². The van der Waals surface area contributed by atoms with Crippen molar-refractivity contribution in [2.75, 3.05) is 49.6 Å². The molecule has 1 heterocycles. The van der Waals surface area contributed by atoms with E-state index in [1.54, 1.807) is 102 Å². The largest absolute Gasteiger partial charge is 0.507 e. The molecule has 11 aromatic carbocycles. The smallest absolute Gasteiger partial charge is 0.417 e. The first kappa shape index (κ1) is 114. The molecule has 32 nitrogen and oxygen atoms in total. The van der Waals surface area contributed by atoms with Gasteiger partial charge in [0.1, 0.15) is 55.5 Å². The van der Waals surface area contributed by atoms with E-state index >= 15 is 0 Å². The maximum absolute atomic E-state index is 13.4. The number of amides is 8. The molecule has 144 heavy (non-hydrogen) atoms. The summed E-state index contributed by atoms with van der Waals surface area (Å²) in [6.45, 7) is 13.2. The van der Waals surface area contributed by atoms with Gasteiger partial charge in [0.05, 0.1) is 135 Å². The average molecular weight is 2220 g/mol. The van der Waals surface area contributed by atoms with Crippen molar-refractivity contribution in [1.29, 1.82) is 0 Å². The molecular weight excluding hydrogens is 2130 g/mol. The molecule has 760 valence electrons. The number of anilines is 8. The van der Waals surface area contributed by atoms with Crippen LogP contribution in [0.1, 0.15) is 123 Å². The number of sulfone groups is 4. The average Bonchev–Trinajstić information content (AvgIpc) is 0.792. The van der Waals surface area contributed by atoms with Gasteiger partial charge in [-0.15, -0.1) is 0 Å². The normalized spacial score (nSPS) is 12.2. The summed E-state index contributed by atoms with van der Waals surface area (Å²) in [6, 6.07) is 45.8. The number of nitrogens with one attached hydrogen (secondary N) is 8. The van der Waals surface area contributed by atoms with Crippen LogP contribution in [0.3, 0.4) is 0 Å². The second kappa shape index (κ2) is 48.9. The van der Waals surface area contributed by atoms with E-state index in [4.69, 9.17) is 97.5 Å². The Kier molecular flexibility index (Phi) is 38.9. The van der Waals surface area contributed by atoms with Crippen molar-refractivity contribution >= 4 is 225 Å². The molecule has 0 aliphatic carbocycles. The van der Waals surface area contributed by atoms with Crippen LogP contribution in [0.5, 0.6) is 40.4 Å². The van der Waals surface area contributed by atoms with E-state index in [0.717, 1.165) is 59.3 Å². The number of halogens is 11. The second-order valence-electron chi connectivity index (χ2n) is 31.4. The topological polar surface area (TPSA) is 513 Å². The van der Waals surface area contributed by atoms with Crippen LogP contribution >= 0.6 is 92.8 Å². The van der Waals surface area contributed by atoms with Gasteiger partial charge in [0, 0.05) is 41.6 Å². The summed E-state index contributed by atoms with van der Waals surface area (Å²) < 4.78 is 149. The zero-order valence-corrected chi connectivity index (χ0v) is 86.0. The van der Waals surface area contributed by atoms with Gasteiger partial charge in [-0.3, -0.25) is 38.4 Å². The SMILES string of the molecule is CCC(C(=O)Nc1cc(O)c(NC(=O)c2cc(C)ccc2Cl)cc1Cl)S(=O)(=O)c1ccc(Cl)cc1.CCC(C(=O)Nc1cc(O)c(NC(=O)c2cc(C)ccc2O)cc1Cl)S(=O)(=O)c1ccc(OC)nc1.CCC(C(=O)Nc1cc(O)c(NC(=O)c2cc(C)ccc2O)cc1Cl)S(=O)(=O)c1ccccc1.CCC(C(=O)Nc1cc(O)c(NC(=O)c2cc(Cl)c(Cl)cc2C(F)(F)F)cc1Cl)S(=O)(=O)c1cccc(C)c1. The number of aryl methyl sites for hydroxylation is 4. The highest BCUT2D eigenvalue weighted by molar-refractivity contribution is 7.93. The van der Waals surface area contributed by atoms with Crippen LogP contribution in [0.2, 0.25) is 40.2 Å². The number of alkyl halides is 3. The molecule has 0 radical (unpaired) electrons. The predicted octanol–water partition coefficient (Wildman–Crippen LogP) is 21.6. The monoisotopic (exact) mass is 2210 g/mol. The third-order valence-corrected chi connectivity index (χ3v) is 32.5. The number of hydrogen-bond donors (Lipinski definition) is 14. The highest BCUT2D eigenvalue weighted by Gasteiger charge is 2.40. The number of methoxy groups -OCH3 is 1. The molecule has 0 aliphatic rings. The number of aromatic nitrogens is 1. The molecule has 0 saturated heterocycles. The molecule has 0 bridgehead atoms. The Hall–Kier alpha value is -13.2. The van der Waals surface area contributed by atoms with Crippen molar-refractivity contribution in [2.45, 2.75) is 128 Å². The Morgan fingerprint density at radius 3 is 0.972 bits per heavy atom. The number of hydrogen-bond acceptors (Lipinski definition) is 24. The van der Waals surface area contributed by atoms with E-state index in [0.29, 0.717) is 16.7 Å². The lowest BCUT2D eigenvalue weighted by molar-refractivity contribution is -0.138. The van der Waals surface area contributed by atoms with E-state index in [-0.39, 0.29) is 155 Å². The number of carbonyl (C=O) groups excluding carboxylic acids is 8. The Morgan fingerprint density at radius 2 is 0.625 bits per heavy atom. The van der Waals surface area contributed by atoms with E-state index in [1.165, 1.54) is 124 Å². The molecule has 8 amide bonds. The zero-order valence-electron chi connectivity index (χ0n) is 76.7. The number of carbonyl (C=O) groups is 8. The number of nitrogens with zero attached hydrogens (tertiary/aromatic N) is 1. The van der Waals surface area contributed by atoms with Crippen LogP contribution < -0.4 is 47.3 Å². The van der Waals surface area contributed by atoms with Crippen LogP contribution in [0.4, 0.5) is 58.7 Å². The first-order valence-electron chi connectivity index (χ1n) is 42.3. The fourth-order valence-electron chi connectivity index (χ4n) is 13.6. The summed E-state index contributed by atoms with van der Waals surface area (Å²) in [6.07, 6.45) is -3.95. The van der Waals surface area contributed by atoms with E-state index < -0.39 is 153 Å². The number of phenolic OH excluding ortho intramolecular Hbond substituents is 6. The van der Waals surface area contributed by atoms with Gasteiger partial charge in [0.25, 0.3) is 23.6 Å². The maximum Gasteiger partial charge on any atom is 0.417 e. The minimum absolute atomic E-state index is 0.00445. The van der Waals surface area contributed by atoms with Crippen LogP contribution in [0.25, 0.3) is 0 Å². The summed E-state index contributed by atoms with van der Waals surface area (Å²) in [5, 5.41) is 74.4. The lowest BCUT2D eigenvalue weighted by Crippen LogP contribution is -2.34. The molecule has 12 aromatic rings. The van der Waals surface area contributed by atoms with Gasteiger partial charge in [0.15, 0.2) is 39.3 Å². The summed E-state index contributed by atoms with van der Waals surface area (Å²) in [4.78, 5) is 106. The fraction of sp³-hybridized carbons (Fsp3) is 0.186. The molecule has 0 spiro atoms. The predicted molar refractivity (Wildman–Crippen MR) is 547 cm³/mol. The van der Waals surface area contributed by atoms with Crippen molar-refractivity contribution in [3.05, 3.63) is 303 Å². The van der Waals surface area contributed by atoms with Crippen LogP contribution in [0.15, 0.2) is 232 Å². The Labute approximate surface area is 864 Å². The number of phenols is 6. The highest BCUT2D eigenvalue weighted by Crippen LogP contribution is 2.43. The molecular formula is C97H88Cl8F3N9O23S4. The molecule has 14 N–H and O–H groups in total. The van der Waals surface area contributed by atoms with Gasteiger partial charge in [-0.2, -0.15) is 13.2 Å². The highest BCUT2D eigenvalue weighted by atomic mass is 35.5. The van der Waals surface area contributed by atoms with Crippen molar-refractivity contribution in [3.8, 4) is 40.4 Å². The quantitative estimate of drug-likeness (QED) is 0.0194. The summed E-state index contributed by atoms with van der Waals surface area (Å²) in [7, 11) is -14.8. The Morgan fingerprint density at radius 1 is 0.312 bits per heavy atom. The third-order valence-electron chi connectivity index (χ3n) is 21.1. The van der Waals surface area contributed by atoms with Gasteiger partial charge in [-0.05, 0) is 186 Å². The zero-order chi connectivity index (χ0) is 107. The number of ether oxygens (including phenoxy) is 1. The fourth-order valence-corrected chi connectivity index (χ4v) is 21.7. The van der Waals surface area contributed by atoms with Crippen molar-refractivity contribution < 1.29 is 121 Å². The van der Waals surface area contributed by atoms with Gasteiger partial charge < -0.3 is 77.9 Å². The first-order chi connectivity index (χ1) is 67.5. The van der Waals surface area contributed by atoms with E-state index in [9.17, 15) is 116 Å². The van der Waals surface area contributed by atoms with Crippen LogP contribution in [-0.4, -0.2) is 145 Å². The molecule has 0 saturated carbocycles. The lowest BCUT2D eigenvalue weighted by Gasteiger charge is -2.18. The summed E-state index contributed by atoms with van der Waals surface area (Å²) >= 11 is 48.3. The van der Waals surface area contributed by atoms with Crippen molar-refractivity contribution in [3.63, 3.8) is 0 Å². The number of pyridine rings is 1. The van der Waals surface area contributed by atoms with Crippen LogP contribution in [-0.2, 0) is 64.7 Å². The van der Waals surface area contributed by atoms with Gasteiger partial charge in [-0.1, -0.05) is 186 Å². The van der Waals surface area contributed by atoms with Gasteiger partial charge >= 0.3 is 6.18 Å². The standard InChI is InChI=1S/C25H20Cl3F3N2O5S.C24H21Cl3N2O5S.C24H24ClN3O7S.C24H23ClN2O6S/c1-3-22(39(37,38)13-6-4-5-12(2)7-13)24(36)32-19-11-21(34)20(10-18(19)28)33-23(35)14-8-16(26)17(27)9-15(14)25(29,30)31;1-3-22(35(33,34)15-7-5-14(25)6-8-15)24(32)28-19-12-21(30)20(11-18(19)27)29-23(31)16-10-13(2)4-9-17(16)26;1-4-21(36(33,34)14-6-8-22(35-3)26-12-14)24(32)27-17-11-20(30)18(10-16(17)25)28-23(31)15-9-13(2)5-7-19(15)29;1-3-22(34(32,33)15-7-5-4-6-8-15)24(31)26-18-13-21(29)19(12-17(18)25)27-23(30)16-11-14(2)9-10-20(16)28/h4-11,22,34H,3H2,1-2H3,(H,32,36)(H,33,35);4-12,22,30H,3H2,1-2H3,(H,28,32)(H,29,31);5-12,21,29-30H,4H2,1-3H3,(H,27,32)(H,28,31);4-13,22,28-29H,3H2,1-2H3,(H,26,31)(H,27,30). The molecule has 12 rings (SSSR count). The number of rotatable bonds is 29. The van der Waals surface area contributed by atoms with Crippen LogP contribution in [0, 0.1) is 27.7 Å². The number of benzene rings is 11. The molecule has 47 heteroatoms. The Bertz CT molecular complexity index is 7460. The molecule has 0 aliphatic heterocycles. The second-order valence-corrected chi connectivity index (χ2v) is 43.2. The van der Waals surface area contributed by atoms with Crippen molar-refractivity contribution in [2.24, 2.45) is 0 Å². The van der Waals surface area contributed by atoms with Crippen molar-refractivity contribution in [1.82, 2.24) is 4.98 Å². The van der Waals surface area contributed by atoms with E-state index in [1.807, 2.05) is 0 Å². The first-order valence-corrected chi connectivity index (χ1v) is 51.6. The number of aromatic hydroxyl groups is 6. The molecule has 1 aromatic heterocycles. The maximum atomic E-state index is 13.4. The van der Waals surface area contributed by atoms with E-state index in [2.05, 4.69) is 47.5 Å². The molecule has 0 fully saturated rings.